The van der Waals surface area contributed by atoms with E-state index in [9.17, 15) is 14.7 Å². The van der Waals surface area contributed by atoms with E-state index < -0.39 is 18.5 Å². The molecule has 124 valence electrons. The van der Waals surface area contributed by atoms with Gasteiger partial charge in [-0.05, 0) is 30.3 Å². The maximum Gasteiger partial charge on any atom is 0.342 e. The van der Waals surface area contributed by atoms with E-state index in [0.29, 0.717) is 10.7 Å². The highest BCUT2D eigenvalue weighted by Crippen LogP contribution is 2.22. The molecule has 0 saturated heterocycles. The first-order valence-corrected chi connectivity index (χ1v) is 7.52. The van der Waals surface area contributed by atoms with Crippen molar-refractivity contribution in [3.8, 4) is 5.75 Å². The standard InChI is InChI=1S/C18H16ClNO4/c1-2-10-20(14-6-4-3-5-7-14)17(22)12-24-18(23)15-9-8-13(19)11-16(15)21/h2-9,11,21H,1,10,12H2. The fourth-order valence-electron chi connectivity index (χ4n) is 2.05. The fraction of sp³-hybridized carbons (Fsp3) is 0.111. The molecule has 2 aromatic rings. The summed E-state index contributed by atoms with van der Waals surface area (Å²) in [4.78, 5) is 25.8. The largest absolute Gasteiger partial charge is 0.507 e. The van der Waals surface area contributed by atoms with Gasteiger partial charge >= 0.3 is 5.97 Å². The van der Waals surface area contributed by atoms with Crippen molar-refractivity contribution in [3.05, 3.63) is 71.8 Å². The second kappa shape index (κ2) is 8.17. The van der Waals surface area contributed by atoms with E-state index in [2.05, 4.69) is 6.58 Å². The Morgan fingerprint density at radius 1 is 1.21 bits per heavy atom. The molecule has 0 aliphatic heterocycles. The molecule has 0 fully saturated rings. The maximum atomic E-state index is 12.3. The summed E-state index contributed by atoms with van der Waals surface area (Å²) in [5.41, 5.74) is 0.620. The Hall–Kier alpha value is -2.79. The van der Waals surface area contributed by atoms with Crippen LogP contribution in [0.3, 0.4) is 0 Å². The monoisotopic (exact) mass is 345 g/mol. The normalized spacial score (nSPS) is 10.0. The Kier molecular flexibility index (Phi) is 5.98. The number of ether oxygens (including phenoxy) is 1. The number of carbonyl (C=O) groups is 2. The molecule has 0 aromatic heterocycles. The third-order valence-corrected chi connectivity index (χ3v) is 3.42. The molecule has 5 nitrogen and oxygen atoms in total. The number of benzene rings is 2. The molecule has 1 N–H and O–H groups in total. The minimum atomic E-state index is -0.802. The van der Waals surface area contributed by atoms with Gasteiger partial charge in [0.15, 0.2) is 6.61 Å². The third-order valence-electron chi connectivity index (χ3n) is 3.19. The summed E-state index contributed by atoms with van der Waals surface area (Å²) in [6.45, 7) is 3.45. The summed E-state index contributed by atoms with van der Waals surface area (Å²) in [5.74, 6) is -1.50. The van der Waals surface area contributed by atoms with Crippen LogP contribution in [0.4, 0.5) is 5.69 Å². The molecule has 0 bridgehead atoms. The van der Waals surface area contributed by atoms with Crippen LogP contribution in [0, 0.1) is 0 Å². The van der Waals surface area contributed by atoms with Gasteiger partial charge in [-0.25, -0.2) is 4.79 Å². The Morgan fingerprint density at radius 3 is 2.54 bits per heavy atom. The molecule has 0 aliphatic carbocycles. The number of aromatic hydroxyl groups is 1. The number of esters is 1. The molecule has 2 rings (SSSR count). The van der Waals surface area contributed by atoms with Gasteiger partial charge in [-0.1, -0.05) is 35.9 Å². The highest BCUT2D eigenvalue weighted by Gasteiger charge is 2.18. The topological polar surface area (TPSA) is 66.8 Å². The van der Waals surface area contributed by atoms with Crippen molar-refractivity contribution >= 4 is 29.2 Å². The Morgan fingerprint density at radius 2 is 1.92 bits per heavy atom. The molecule has 2 aromatic carbocycles. The number of phenolic OH excluding ortho intramolecular Hbond substituents is 1. The maximum absolute atomic E-state index is 12.3. The van der Waals surface area contributed by atoms with Gasteiger partial charge in [-0.2, -0.15) is 0 Å². The predicted octanol–water partition coefficient (Wildman–Crippen LogP) is 3.42. The average Bonchev–Trinajstić information content (AvgIpc) is 2.58. The minimum Gasteiger partial charge on any atom is -0.507 e. The fourth-order valence-corrected chi connectivity index (χ4v) is 2.21. The van der Waals surface area contributed by atoms with Crippen molar-refractivity contribution in [3.63, 3.8) is 0 Å². The third kappa shape index (κ3) is 4.36. The van der Waals surface area contributed by atoms with Crippen molar-refractivity contribution in [2.45, 2.75) is 0 Å². The van der Waals surface area contributed by atoms with Gasteiger partial charge < -0.3 is 14.7 Å². The highest BCUT2D eigenvalue weighted by atomic mass is 35.5. The molecule has 0 aliphatic rings. The molecule has 24 heavy (non-hydrogen) atoms. The zero-order valence-electron chi connectivity index (χ0n) is 12.8. The van der Waals surface area contributed by atoms with E-state index in [4.69, 9.17) is 16.3 Å². The van der Waals surface area contributed by atoms with Crippen LogP contribution in [0.1, 0.15) is 10.4 Å². The van der Waals surface area contributed by atoms with Gasteiger partial charge in [-0.3, -0.25) is 4.79 Å². The summed E-state index contributed by atoms with van der Waals surface area (Å²) in [5, 5.41) is 10.00. The van der Waals surface area contributed by atoms with E-state index in [1.165, 1.54) is 23.1 Å². The quantitative estimate of drug-likeness (QED) is 0.643. The molecule has 0 radical (unpaired) electrons. The minimum absolute atomic E-state index is 0.0535. The van der Waals surface area contributed by atoms with Crippen LogP contribution < -0.4 is 4.90 Å². The molecule has 0 spiro atoms. The lowest BCUT2D eigenvalue weighted by molar-refractivity contribution is -0.121. The zero-order valence-corrected chi connectivity index (χ0v) is 13.6. The molecule has 0 unspecified atom stereocenters. The highest BCUT2D eigenvalue weighted by molar-refractivity contribution is 6.30. The lowest BCUT2D eigenvalue weighted by Crippen LogP contribution is -2.34. The average molecular weight is 346 g/mol. The Balaban J connectivity index is 2.05. The number of nitrogens with zero attached hydrogens (tertiary/aromatic N) is 1. The van der Waals surface area contributed by atoms with Gasteiger partial charge in [0, 0.05) is 17.3 Å². The second-order valence-corrected chi connectivity index (χ2v) is 5.30. The van der Waals surface area contributed by atoms with E-state index in [1.807, 2.05) is 6.07 Å². The summed E-state index contributed by atoms with van der Waals surface area (Å²) in [6.07, 6.45) is 1.58. The Bertz CT molecular complexity index is 746. The molecule has 6 heteroatoms. The number of anilines is 1. The first kappa shape index (κ1) is 17.6. The predicted molar refractivity (Wildman–Crippen MR) is 92.4 cm³/mol. The van der Waals surface area contributed by atoms with E-state index in [0.717, 1.165) is 0 Å². The van der Waals surface area contributed by atoms with Crippen LogP contribution in [0.5, 0.6) is 5.75 Å². The lowest BCUT2D eigenvalue weighted by Gasteiger charge is -2.21. The van der Waals surface area contributed by atoms with Gasteiger partial charge in [0.1, 0.15) is 11.3 Å². The number of halogens is 1. The number of hydrogen-bond donors (Lipinski definition) is 1. The number of carbonyl (C=O) groups excluding carboxylic acids is 2. The van der Waals surface area contributed by atoms with Crippen LogP contribution >= 0.6 is 11.6 Å². The number of hydrogen-bond acceptors (Lipinski definition) is 4. The van der Waals surface area contributed by atoms with Gasteiger partial charge in [-0.15, -0.1) is 6.58 Å². The molecular weight excluding hydrogens is 330 g/mol. The van der Waals surface area contributed by atoms with Crippen LogP contribution in [-0.2, 0) is 9.53 Å². The lowest BCUT2D eigenvalue weighted by atomic mass is 10.2. The molecule has 0 atom stereocenters. The van der Waals surface area contributed by atoms with Crippen LogP contribution in [0.15, 0.2) is 61.2 Å². The van der Waals surface area contributed by atoms with Crippen LogP contribution in [-0.4, -0.2) is 30.1 Å². The van der Waals surface area contributed by atoms with Crippen molar-refractivity contribution in [1.82, 2.24) is 0 Å². The number of rotatable bonds is 6. The molecule has 0 saturated carbocycles. The smallest absolute Gasteiger partial charge is 0.342 e. The SMILES string of the molecule is C=CCN(C(=O)COC(=O)c1ccc(Cl)cc1O)c1ccccc1. The van der Waals surface area contributed by atoms with Gasteiger partial charge in [0.25, 0.3) is 5.91 Å². The van der Waals surface area contributed by atoms with Crippen LogP contribution in [0.2, 0.25) is 5.02 Å². The first-order chi connectivity index (χ1) is 11.5. The number of phenols is 1. The van der Waals surface area contributed by atoms with Crippen molar-refractivity contribution in [2.75, 3.05) is 18.1 Å². The van der Waals surface area contributed by atoms with Crippen LogP contribution in [0.25, 0.3) is 0 Å². The number of amides is 1. The van der Waals surface area contributed by atoms with Crippen molar-refractivity contribution in [2.24, 2.45) is 0 Å². The first-order valence-electron chi connectivity index (χ1n) is 7.15. The summed E-state index contributed by atoms with van der Waals surface area (Å²) in [7, 11) is 0. The summed E-state index contributed by atoms with van der Waals surface area (Å²) in [6, 6.07) is 13.0. The molecule has 1 amide bonds. The zero-order chi connectivity index (χ0) is 17.5. The van der Waals surface area contributed by atoms with Crippen molar-refractivity contribution < 1.29 is 19.4 Å². The molecule has 0 heterocycles. The summed E-state index contributed by atoms with van der Waals surface area (Å²) < 4.78 is 4.99. The van der Waals surface area contributed by atoms with Gasteiger partial charge in [0.2, 0.25) is 0 Å². The molecular formula is C18H16ClNO4. The van der Waals surface area contributed by atoms with E-state index in [1.54, 1.807) is 30.3 Å². The second-order valence-electron chi connectivity index (χ2n) is 4.87. The van der Waals surface area contributed by atoms with Crippen molar-refractivity contribution in [1.29, 1.82) is 0 Å². The van der Waals surface area contributed by atoms with E-state index in [-0.39, 0.29) is 17.9 Å². The number of para-hydroxylation sites is 1. The Labute approximate surface area is 144 Å². The van der Waals surface area contributed by atoms with Gasteiger partial charge in [0.05, 0.1) is 0 Å². The summed E-state index contributed by atoms with van der Waals surface area (Å²) >= 11 is 5.71. The van der Waals surface area contributed by atoms with E-state index >= 15 is 0 Å².